The number of amides is 2. The van der Waals surface area contributed by atoms with E-state index in [0.29, 0.717) is 39.1 Å². The molecule has 6 heteroatoms. The number of hydrogen-bond donors (Lipinski definition) is 1. The van der Waals surface area contributed by atoms with Crippen LogP contribution in [0.2, 0.25) is 0 Å². The van der Waals surface area contributed by atoms with Crippen molar-refractivity contribution >= 4 is 11.8 Å². The van der Waals surface area contributed by atoms with Gasteiger partial charge in [-0.3, -0.25) is 9.59 Å². The third-order valence-corrected chi connectivity index (χ3v) is 6.61. The molecule has 2 aromatic rings. The molecule has 0 aliphatic carbocycles. The monoisotopic (exact) mass is 453 g/mol. The summed E-state index contributed by atoms with van der Waals surface area (Å²) in [5.74, 6) is 0.145. The third-order valence-electron chi connectivity index (χ3n) is 6.61. The van der Waals surface area contributed by atoms with Crippen LogP contribution < -0.4 is 5.32 Å². The zero-order valence-corrected chi connectivity index (χ0v) is 20.8. The van der Waals surface area contributed by atoms with Crippen LogP contribution in [0.4, 0.5) is 0 Å². The molecule has 0 saturated carbocycles. The number of benzene rings is 1. The Labute approximate surface area is 198 Å². The Morgan fingerprint density at radius 1 is 1.09 bits per heavy atom. The molecule has 2 amide bonds. The van der Waals surface area contributed by atoms with Crippen LogP contribution in [0.5, 0.6) is 0 Å². The maximum Gasteiger partial charge on any atom is 0.255 e. The van der Waals surface area contributed by atoms with Gasteiger partial charge in [0, 0.05) is 43.5 Å². The number of nitrogens with one attached hydrogen (secondary N) is 1. The molecule has 1 atom stereocenters. The quantitative estimate of drug-likeness (QED) is 0.569. The SMILES string of the molecule is Cc1cc(C(=O)N2CCC(C(=O)NCCCOC(C)C)CC2)c(C)n1C(C)c1ccccc1. The molecule has 1 aliphatic heterocycles. The minimum absolute atomic E-state index is 0.0226. The highest BCUT2D eigenvalue weighted by Crippen LogP contribution is 2.27. The topological polar surface area (TPSA) is 63.6 Å². The first kappa shape index (κ1) is 25.0. The van der Waals surface area contributed by atoms with E-state index in [1.165, 1.54) is 5.56 Å². The normalized spacial score (nSPS) is 15.6. The molecule has 1 N–H and O–H groups in total. The molecule has 3 rings (SSSR count). The summed E-state index contributed by atoms with van der Waals surface area (Å²) in [7, 11) is 0. The van der Waals surface area contributed by atoms with Gasteiger partial charge in [-0.25, -0.2) is 0 Å². The minimum Gasteiger partial charge on any atom is -0.379 e. The number of rotatable bonds is 9. The molecule has 1 aromatic heterocycles. The summed E-state index contributed by atoms with van der Waals surface area (Å²) in [6.07, 6.45) is 2.45. The second kappa shape index (κ2) is 11.5. The lowest BCUT2D eigenvalue weighted by Crippen LogP contribution is -2.43. The summed E-state index contributed by atoms with van der Waals surface area (Å²) in [6, 6.07) is 12.5. The second-order valence-corrected chi connectivity index (χ2v) is 9.37. The van der Waals surface area contributed by atoms with Gasteiger partial charge in [-0.2, -0.15) is 0 Å². The van der Waals surface area contributed by atoms with Gasteiger partial charge in [0.15, 0.2) is 0 Å². The van der Waals surface area contributed by atoms with Crippen LogP contribution in [0.3, 0.4) is 0 Å². The lowest BCUT2D eigenvalue weighted by Gasteiger charge is -2.31. The average Bonchev–Trinajstić information content (AvgIpc) is 3.11. The van der Waals surface area contributed by atoms with Gasteiger partial charge in [0.05, 0.1) is 17.7 Å². The molecule has 33 heavy (non-hydrogen) atoms. The van der Waals surface area contributed by atoms with E-state index in [0.717, 1.165) is 23.4 Å². The van der Waals surface area contributed by atoms with E-state index in [1.807, 2.05) is 49.9 Å². The molecule has 180 valence electrons. The number of ether oxygens (including phenoxy) is 1. The lowest BCUT2D eigenvalue weighted by molar-refractivity contribution is -0.126. The number of nitrogens with zero attached hydrogens (tertiary/aromatic N) is 2. The van der Waals surface area contributed by atoms with Gasteiger partial charge in [-0.15, -0.1) is 0 Å². The van der Waals surface area contributed by atoms with Crippen molar-refractivity contribution in [3.05, 3.63) is 58.9 Å². The Balaban J connectivity index is 1.55. The van der Waals surface area contributed by atoms with Crippen LogP contribution in [0.1, 0.15) is 73.4 Å². The molecule has 0 spiro atoms. The highest BCUT2D eigenvalue weighted by Gasteiger charge is 2.29. The fraction of sp³-hybridized carbons (Fsp3) is 0.556. The molecule has 1 aliphatic rings. The van der Waals surface area contributed by atoms with Gasteiger partial charge < -0.3 is 19.5 Å². The minimum atomic E-state index is -0.0226. The van der Waals surface area contributed by atoms with Gasteiger partial charge in [-0.1, -0.05) is 30.3 Å². The van der Waals surface area contributed by atoms with E-state index >= 15 is 0 Å². The molecular weight excluding hydrogens is 414 g/mol. The lowest BCUT2D eigenvalue weighted by atomic mass is 9.95. The molecule has 1 saturated heterocycles. The summed E-state index contributed by atoms with van der Waals surface area (Å²) in [5, 5.41) is 3.02. The molecule has 6 nitrogen and oxygen atoms in total. The predicted molar refractivity (Wildman–Crippen MR) is 132 cm³/mol. The van der Waals surface area contributed by atoms with E-state index in [-0.39, 0.29) is 29.9 Å². The predicted octanol–water partition coefficient (Wildman–Crippen LogP) is 4.50. The van der Waals surface area contributed by atoms with Crippen LogP contribution in [0.15, 0.2) is 36.4 Å². The Kier molecular flexibility index (Phi) is 8.73. The first-order valence-corrected chi connectivity index (χ1v) is 12.2. The smallest absolute Gasteiger partial charge is 0.255 e. The summed E-state index contributed by atoms with van der Waals surface area (Å²) in [5.41, 5.74) is 4.07. The number of carbonyl (C=O) groups is 2. The first-order valence-electron chi connectivity index (χ1n) is 12.2. The van der Waals surface area contributed by atoms with Crippen molar-refractivity contribution in [2.24, 2.45) is 5.92 Å². The van der Waals surface area contributed by atoms with E-state index in [2.05, 4.69) is 35.9 Å². The van der Waals surface area contributed by atoms with Crippen molar-refractivity contribution in [2.75, 3.05) is 26.2 Å². The van der Waals surface area contributed by atoms with Gasteiger partial charge in [0.25, 0.3) is 5.91 Å². The van der Waals surface area contributed by atoms with Crippen molar-refractivity contribution in [1.82, 2.24) is 14.8 Å². The number of aryl methyl sites for hydroxylation is 1. The van der Waals surface area contributed by atoms with Gasteiger partial charge in [-0.05, 0) is 65.5 Å². The average molecular weight is 454 g/mol. The van der Waals surface area contributed by atoms with E-state index in [1.54, 1.807) is 0 Å². The number of carbonyl (C=O) groups excluding carboxylic acids is 2. The Morgan fingerprint density at radius 2 is 1.76 bits per heavy atom. The van der Waals surface area contributed by atoms with Crippen molar-refractivity contribution in [2.45, 2.75) is 66.0 Å². The summed E-state index contributed by atoms with van der Waals surface area (Å²) >= 11 is 0. The maximum absolute atomic E-state index is 13.3. The molecule has 1 unspecified atom stereocenters. The molecular formula is C27H39N3O3. The van der Waals surface area contributed by atoms with Crippen LogP contribution in [-0.2, 0) is 9.53 Å². The third kappa shape index (κ3) is 6.26. The van der Waals surface area contributed by atoms with Crippen LogP contribution >= 0.6 is 0 Å². The van der Waals surface area contributed by atoms with Crippen LogP contribution in [0.25, 0.3) is 0 Å². The number of piperidine rings is 1. The molecule has 0 bridgehead atoms. The first-order chi connectivity index (χ1) is 15.8. The van der Waals surface area contributed by atoms with Crippen LogP contribution in [-0.4, -0.2) is 53.6 Å². The zero-order chi connectivity index (χ0) is 24.0. The van der Waals surface area contributed by atoms with Gasteiger partial charge >= 0.3 is 0 Å². The summed E-state index contributed by atoms with van der Waals surface area (Å²) in [4.78, 5) is 27.7. The van der Waals surface area contributed by atoms with Crippen molar-refractivity contribution in [3.8, 4) is 0 Å². The fourth-order valence-electron chi connectivity index (χ4n) is 4.73. The highest BCUT2D eigenvalue weighted by atomic mass is 16.5. The molecule has 0 radical (unpaired) electrons. The second-order valence-electron chi connectivity index (χ2n) is 9.37. The summed E-state index contributed by atoms with van der Waals surface area (Å²) in [6.45, 7) is 12.8. The number of likely N-dealkylation sites (tertiary alicyclic amines) is 1. The largest absolute Gasteiger partial charge is 0.379 e. The van der Waals surface area contributed by atoms with Crippen LogP contribution in [0, 0.1) is 19.8 Å². The fourth-order valence-corrected chi connectivity index (χ4v) is 4.73. The van der Waals surface area contributed by atoms with E-state index in [9.17, 15) is 9.59 Å². The van der Waals surface area contributed by atoms with E-state index in [4.69, 9.17) is 4.74 Å². The van der Waals surface area contributed by atoms with Crippen molar-refractivity contribution in [3.63, 3.8) is 0 Å². The number of hydrogen-bond acceptors (Lipinski definition) is 3. The molecule has 2 heterocycles. The van der Waals surface area contributed by atoms with Gasteiger partial charge in [0.2, 0.25) is 5.91 Å². The standard InChI is InChI=1S/C27H39N3O3/c1-19(2)33-17-9-14-28-26(31)24-12-15-29(16-13-24)27(32)25-18-20(3)30(22(25)5)21(4)23-10-7-6-8-11-23/h6-8,10-11,18-19,21,24H,9,12-17H2,1-5H3,(H,28,31). The van der Waals surface area contributed by atoms with Crippen molar-refractivity contribution in [1.29, 1.82) is 0 Å². The zero-order valence-electron chi connectivity index (χ0n) is 20.8. The Morgan fingerprint density at radius 3 is 2.39 bits per heavy atom. The Hall–Kier alpha value is -2.60. The van der Waals surface area contributed by atoms with E-state index < -0.39 is 0 Å². The maximum atomic E-state index is 13.3. The van der Waals surface area contributed by atoms with Crippen molar-refractivity contribution < 1.29 is 14.3 Å². The number of aromatic nitrogens is 1. The summed E-state index contributed by atoms with van der Waals surface area (Å²) < 4.78 is 7.76. The highest BCUT2D eigenvalue weighted by molar-refractivity contribution is 5.96. The van der Waals surface area contributed by atoms with Gasteiger partial charge in [0.1, 0.15) is 0 Å². The molecule has 1 aromatic carbocycles. The molecule has 1 fully saturated rings. The Bertz CT molecular complexity index is 928.